The molecule has 0 aromatic heterocycles. The highest BCUT2D eigenvalue weighted by Crippen LogP contribution is 2.22. The number of nitrogens with zero attached hydrogens (tertiary/aromatic N) is 2. The summed E-state index contributed by atoms with van der Waals surface area (Å²) in [6.07, 6.45) is 2.31. The molecule has 2 amide bonds. The van der Waals surface area contributed by atoms with Gasteiger partial charge in [0.25, 0.3) is 0 Å². The molecule has 34 heavy (non-hydrogen) atoms. The molecule has 1 atom stereocenters. The molecule has 0 radical (unpaired) electrons. The predicted octanol–water partition coefficient (Wildman–Crippen LogP) is 3.45. The summed E-state index contributed by atoms with van der Waals surface area (Å²) in [6.45, 7) is 8.57. The molecule has 2 rings (SSSR count). The van der Waals surface area contributed by atoms with E-state index >= 15 is 0 Å². The molecule has 186 valence electrons. The molecule has 7 nitrogen and oxygen atoms in total. The van der Waals surface area contributed by atoms with Gasteiger partial charge in [0.2, 0.25) is 21.8 Å². The summed E-state index contributed by atoms with van der Waals surface area (Å²) in [7, 11) is -3.50. The zero-order valence-electron chi connectivity index (χ0n) is 20.9. The maximum atomic E-state index is 13.2. The Labute approximate surface area is 204 Å². The Kier molecular flexibility index (Phi) is 10.1. The van der Waals surface area contributed by atoms with E-state index in [4.69, 9.17) is 0 Å². The average Bonchev–Trinajstić information content (AvgIpc) is 2.78. The quantitative estimate of drug-likeness (QED) is 0.497. The molecule has 0 heterocycles. The highest BCUT2D eigenvalue weighted by Gasteiger charge is 2.26. The number of anilines is 1. The fraction of sp³-hybridized carbons (Fsp3) is 0.462. The van der Waals surface area contributed by atoms with E-state index in [9.17, 15) is 18.0 Å². The van der Waals surface area contributed by atoms with Crippen LogP contribution in [0.1, 0.15) is 43.4 Å². The summed E-state index contributed by atoms with van der Waals surface area (Å²) in [5, 5.41) is 2.78. The van der Waals surface area contributed by atoms with Gasteiger partial charge in [0.1, 0.15) is 6.04 Å². The molecule has 8 heteroatoms. The summed E-state index contributed by atoms with van der Waals surface area (Å²) in [4.78, 5) is 27.2. The van der Waals surface area contributed by atoms with Gasteiger partial charge >= 0.3 is 0 Å². The summed E-state index contributed by atoms with van der Waals surface area (Å²) in [5.74, 6) is -0.361. The normalized spacial score (nSPS) is 12.1. The van der Waals surface area contributed by atoms with Crippen molar-refractivity contribution in [2.45, 2.75) is 53.0 Å². The highest BCUT2D eigenvalue weighted by atomic mass is 32.2. The van der Waals surface area contributed by atoms with Crippen LogP contribution in [0.2, 0.25) is 0 Å². The fourth-order valence-corrected chi connectivity index (χ4v) is 4.73. The molecule has 0 fully saturated rings. The number of nitrogens with one attached hydrogen (secondary N) is 1. The van der Waals surface area contributed by atoms with Crippen molar-refractivity contribution in [1.82, 2.24) is 10.2 Å². The lowest BCUT2D eigenvalue weighted by molar-refractivity contribution is -0.139. The van der Waals surface area contributed by atoms with Crippen molar-refractivity contribution in [3.8, 4) is 0 Å². The minimum Gasteiger partial charge on any atom is -0.355 e. The van der Waals surface area contributed by atoms with Crippen LogP contribution in [0.15, 0.2) is 48.5 Å². The molecule has 0 bridgehead atoms. The third-order valence-corrected chi connectivity index (χ3v) is 7.13. The Morgan fingerprint density at radius 3 is 2.26 bits per heavy atom. The Bertz CT molecular complexity index is 1070. The maximum absolute atomic E-state index is 13.2. The van der Waals surface area contributed by atoms with Crippen LogP contribution < -0.4 is 9.62 Å². The lowest BCUT2D eigenvalue weighted by atomic mass is 10.1. The standard InChI is InChI=1S/C26H37N3O4S/c1-6-27-26(31)22(4)28(18-16-23-11-8-7-9-12-23)25(30)13-10-17-29(34(5,32)33)24-15-14-20(2)21(3)19-24/h7-9,11-12,14-15,19,22H,6,10,13,16-18H2,1-5H3,(H,27,31)/t22-/m1/s1. The van der Waals surface area contributed by atoms with Gasteiger partial charge in [-0.15, -0.1) is 0 Å². The van der Waals surface area contributed by atoms with Gasteiger partial charge in [-0.05, 0) is 69.4 Å². The van der Waals surface area contributed by atoms with Gasteiger partial charge in [-0.1, -0.05) is 36.4 Å². The van der Waals surface area contributed by atoms with E-state index in [1.54, 1.807) is 17.9 Å². The van der Waals surface area contributed by atoms with Crippen LogP contribution in [-0.4, -0.2) is 57.1 Å². The zero-order chi connectivity index (χ0) is 25.3. The molecule has 0 aliphatic carbocycles. The summed E-state index contributed by atoms with van der Waals surface area (Å²) < 4.78 is 26.2. The van der Waals surface area contributed by atoms with E-state index < -0.39 is 16.1 Å². The highest BCUT2D eigenvalue weighted by molar-refractivity contribution is 7.92. The molecule has 2 aromatic carbocycles. The first kappa shape index (κ1) is 27.4. The summed E-state index contributed by atoms with van der Waals surface area (Å²) >= 11 is 0. The largest absolute Gasteiger partial charge is 0.355 e. The van der Waals surface area contributed by atoms with Gasteiger partial charge in [-0.3, -0.25) is 13.9 Å². The third kappa shape index (κ3) is 7.87. The minimum absolute atomic E-state index is 0.148. The lowest BCUT2D eigenvalue weighted by Crippen LogP contribution is -2.48. The van der Waals surface area contributed by atoms with Crippen LogP contribution in [0, 0.1) is 13.8 Å². The second-order valence-corrected chi connectivity index (χ2v) is 10.5. The van der Waals surface area contributed by atoms with E-state index in [0.29, 0.717) is 31.6 Å². The van der Waals surface area contributed by atoms with Crippen molar-refractivity contribution in [1.29, 1.82) is 0 Å². The number of carbonyl (C=O) groups is 2. The van der Waals surface area contributed by atoms with Crippen LogP contribution in [0.5, 0.6) is 0 Å². The van der Waals surface area contributed by atoms with E-state index in [1.807, 2.05) is 63.2 Å². The maximum Gasteiger partial charge on any atom is 0.242 e. The van der Waals surface area contributed by atoms with Gasteiger partial charge in [0.15, 0.2) is 0 Å². The SMILES string of the molecule is CCNC(=O)[C@@H](C)N(CCc1ccccc1)C(=O)CCCN(c1ccc(C)c(C)c1)S(C)(=O)=O. The van der Waals surface area contributed by atoms with Crippen LogP contribution in [-0.2, 0) is 26.0 Å². The Morgan fingerprint density at radius 1 is 1.00 bits per heavy atom. The minimum atomic E-state index is -3.50. The van der Waals surface area contributed by atoms with Crippen LogP contribution in [0.3, 0.4) is 0 Å². The molecule has 2 aromatic rings. The first-order chi connectivity index (χ1) is 16.0. The van der Waals surface area contributed by atoms with Crippen LogP contribution in [0.4, 0.5) is 5.69 Å². The van der Waals surface area contributed by atoms with Crippen molar-refractivity contribution in [3.05, 3.63) is 65.2 Å². The molecular weight excluding hydrogens is 450 g/mol. The van der Waals surface area contributed by atoms with Crippen molar-refractivity contribution >= 4 is 27.5 Å². The number of hydrogen-bond donors (Lipinski definition) is 1. The van der Waals surface area contributed by atoms with Gasteiger partial charge in [0.05, 0.1) is 11.9 Å². The van der Waals surface area contributed by atoms with E-state index in [1.165, 1.54) is 10.6 Å². The van der Waals surface area contributed by atoms with Gasteiger partial charge in [0, 0.05) is 26.1 Å². The molecule has 0 saturated heterocycles. The van der Waals surface area contributed by atoms with Crippen molar-refractivity contribution in [3.63, 3.8) is 0 Å². The van der Waals surface area contributed by atoms with Crippen LogP contribution in [0.25, 0.3) is 0 Å². The molecule has 0 aliphatic rings. The van der Waals surface area contributed by atoms with Crippen molar-refractivity contribution < 1.29 is 18.0 Å². The van der Waals surface area contributed by atoms with Crippen molar-refractivity contribution in [2.24, 2.45) is 0 Å². The number of sulfonamides is 1. The second-order valence-electron chi connectivity index (χ2n) is 8.60. The first-order valence-electron chi connectivity index (χ1n) is 11.7. The second kappa shape index (κ2) is 12.6. The summed E-state index contributed by atoms with van der Waals surface area (Å²) in [6, 6.07) is 14.7. The Hall–Kier alpha value is -2.87. The smallest absolute Gasteiger partial charge is 0.242 e. The van der Waals surface area contributed by atoms with Gasteiger partial charge < -0.3 is 10.2 Å². The van der Waals surface area contributed by atoms with E-state index in [-0.39, 0.29) is 24.8 Å². The number of aryl methyl sites for hydroxylation is 2. The molecule has 0 saturated carbocycles. The number of benzene rings is 2. The predicted molar refractivity (Wildman–Crippen MR) is 137 cm³/mol. The average molecular weight is 488 g/mol. The fourth-order valence-electron chi connectivity index (χ4n) is 3.78. The lowest BCUT2D eigenvalue weighted by Gasteiger charge is -2.29. The number of rotatable bonds is 12. The molecule has 0 aliphatic heterocycles. The monoisotopic (exact) mass is 487 g/mol. The van der Waals surface area contributed by atoms with E-state index in [2.05, 4.69) is 5.32 Å². The van der Waals surface area contributed by atoms with Crippen LogP contribution >= 0.6 is 0 Å². The third-order valence-electron chi connectivity index (χ3n) is 5.93. The zero-order valence-corrected chi connectivity index (χ0v) is 21.7. The van der Waals surface area contributed by atoms with Crippen molar-refractivity contribution in [2.75, 3.05) is 30.2 Å². The number of hydrogen-bond acceptors (Lipinski definition) is 4. The van der Waals surface area contributed by atoms with E-state index in [0.717, 1.165) is 16.7 Å². The van der Waals surface area contributed by atoms with Gasteiger partial charge in [-0.25, -0.2) is 8.42 Å². The topological polar surface area (TPSA) is 86.8 Å². The first-order valence-corrected chi connectivity index (χ1v) is 13.6. The molecular formula is C26H37N3O4S. The number of amides is 2. The summed E-state index contributed by atoms with van der Waals surface area (Å²) in [5.41, 5.74) is 3.77. The van der Waals surface area contributed by atoms with Gasteiger partial charge in [-0.2, -0.15) is 0 Å². The molecule has 1 N–H and O–H groups in total. The Morgan fingerprint density at radius 2 is 1.68 bits per heavy atom. The number of likely N-dealkylation sites (N-methyl/N-ethyl adjacent to an activating group) is 1. The number of carbonyl (C=O) groups excluding carboxylic acids is 2. The molecule has 0 spiro atoms. The Balaban J connectivity index is 2.11. The molecule has 0 unspecified atom stereocenters.